The van der Waals surface area contributed by atoms with Crippen LogP contribution in [0.5, 0.6) is 0 Å². The van der Waals surface area contributed by atoms with Crippen LogP contribution in [0, 0.1) is 17.8 Å². The Kier molecular flexibility index (Phi) is 6.04. The molecule has 2 N–H and O–H groups in total. The summed E-state index contributed by atoms with van der Waals surface area (Å²) < 4.78 is 38.9. The fraction of sp³-hybridized carbons (Fsp3) is 0.857. The molecule has 0 aromatic rings. The molecule has 1 fully saturated rings. The highest BCUT2D eigenvalue weighted by Gasteiger charge is 2.48. The number of alkyl halides is 3. The topological polar surface area (TPSA) is 66.4 Å². The summed E-state index contributed by atoms with van der Waals surface area (Å²) in [5.41, 5.74) is 0. The second-order valence-corrected chi connectivity index (χ2v) is 5.75. The first-order valence-electron chi connectivity index (χ1n) is 7.28. The predicted molar refractivity (Wildman–Crippen MR) is 70.5 cm³/mol. The minimum absolute atomic E-state index is 0.0668. The second-order valence-electron chi connectivity index (χ2n) is 5.75. The van der Waals surface area contributed by atoms with Gasteiger partial charge in [0.15, 0.2) is 0 Å². The summed E-state index contributed by atoms with van der Waals surface area (Å²) in [6.07, 6.45) is -2.80. The van der Waals surface area contributed by atoms with Crippen LogP contribution in [0.15, 0.2) is 0 Å². The van der Waals surface area contributed by atoms with Gasteiger partial charge < -0.3 is 10.4 Å². The minimum atomic E-state index is -4.42. The third kappa shape index (κ3) is 4.61. The Bertz CT molecular complexity index is 384. The van der Waals surface area contributed by atoms with Gasteiger partial charge in [0.25, 0.3) is 0 Å². The first kappa shape index (κ1) is 17.8. The van der Waals surface area contributed by atoms with Gasteiger partial charge in [-0.1, -0.05) is 33.1 Å². The number of hydrogen-bond acceptors (Lipinski definition) is 2. The molecule has 1 aliphatic rings. The molecule has 0 spiro atoms. The Labute approximate surface area is 122 Å². The van der Waals surface area contributed by atoms with Gasteiger partial charge >= 0.3 is 12.1 Å². The van der Waals surface area contributed by atoms with Crippen LogP contribution in [-0.2, 0) is 9.59 Å². The van der Waals surface area contributed by atoms with E-state index in [1.165, 1.54) is 0 Å². The number of carbonyl (C=O) groups excluding carboxylic acids is 1. The van der Waals surface area contributed by atoms with Gasteiger partial charge in [0.1, 0.15) is 6.04 Å². The Morgan fingerprint density at radius 1 is 1.29 bits per heavy atom. The first-order valence-corrected chi connectivity index (χ1v) is 7.28. The Morgan fingerprint density at radius 3 is 2.33 bits per heavy atom. The fourth-order valence-electron chi connectivity index (χ4n) is 2.78. The molecule has 1 saturated carbocycles. The predicted octanol–water partition coefficient (Wildman–Crippen LogP) is 2.97. The quantitative estimate of drug-likeness (QED) is 0.820. The van der Waals surface area contributed by atoms with Gasteiger partial charge in [-0.25, -0.2) is 4.79 Å². The molecule has 0 bridgehead atoms. The van der Waals surface area contributed by atoms with Gasteiger partial charge in [-0.05, 0) is 18.8 Å². The maximum Gasteiger partial charge on any atom is 0.392 e. The molecule has 0 saturated heterocycles. The molecule has 4 atom stereocenters. The molecule has 0 radical (unpaired) electrons. The van der Waals surface area contributed by atoms with E-state index < -0.39 is 35.9 Å². The van der Waals surface area contributed by atoms with Gasteiger partial charge in [-0.15, -0.1) is 0 Å². The van der Waals surface area contributed by atoms with E-state index in [1.807, 2.05) is 0 Å². The molecule has 21 heavy (non-hydrogen) atoms. The van der Waals surface area contributed by atoms with Crippen LogP contribution >= 0.6 is 0 Å². The van der Waals surface area contributed by atoms with Gasteiger partial charge in [-0.2, -0.15) is 13.2 Å². The van der Waals surface area contributed by atoms with Crippen molar-refractivity contribution in [1.29, 1.82) is 0 Å². The lowest BCUT2D eigenvalue weighted by molar-refractivity contribution is -0.198. The van der Waals surface area contributed by atoms with Crippen LogP contribution in [0.25, 0.3) is 0 Å². The number of carboxylic acid groups (broad SMARTS) is 1. The summed E-state index contributed by atoms with van der Waals surface area (Å²) in [7, 11) is 0. The van der Waals surface area contributed by atoms with E-state index in [1.54, 1.807) is 13.8 Å². The van der Waals surface area contributed by atoms with E-state index in [0.717, 1.165) is 0 Å². The highest BCUT2D eigenvalue weighted by molar-refractivity contribution is 5.85. The molecule has 2 unspecified atom stereocenters. The summed E-state index contributed by atoms with van der Waals surface area (Å²) >= 11 is 0. The summed E-state index contributed by atoms with van der Waals surface area (Å²) in [4.78, 5) is 23.3. The number of hydrogen-bond donors (Lipinski definition) is 2. The monoisotopic (exact) mass is 309 g/mol. The third-order valence-electron chi connectivity index (χ3n) is 4.30. The molecule has 0 heterocycles. The van der Waals surface area contributed by atoms with Crippen molar-refractivity contribution >= 4 is 11.9 Å². The Hall–Kier alpha value is -1.27. The highest BCUT2D eigenvalue weighted by Crippen LogP contribution is 2.41. The van der Waals surface area contributed by atoms with Crippen LogP contribution in [0.4, 0.5) is 13.2 Å². The van der Waals surface area contributed by atoms with Gasteiger partial charge in [0.2, 0.25) is 5.91 Å². The molecule has 0 aromatic carbocycles. The van der Waals surface area contributed by atoms with Crippen molar-refractivity contribution in [3.8, 4) is 0 Å². The average Bonchev–Trinajstić information content (AvgIpc) is 2.42. The zero-order valence-electron chi connectivity index (χ0n) is 12.2. The Morgan fingerprint density at radius 2 is 1.86 bits per heavy atom. The SMILES string of the molecule is CC[C@H](C)[C@H](NC(=O)C1CCCCC1C(F)(F)F)C(=O)O. The molecular weight excluding hydrogens is 287 g/mol. The third-order valence-corrected chi connectivity index (χ3v) is 4.30. The van der Waals surface area contributed by atoms with Crippen molar-refractivity contribution in [2.45, 2.75) is 58.2 Å². The van der Waals surface area contributed by atoms with E-state index in [-0.39, 0.29) is 18.8 Å². The number of rotatable bonds is 5. The highest BCUT2D eigenvalue weighted by atomic mass is 19.4. The molecule has 122 valence electrons. The molecule has 1 amide bonds. The summed E-state index contributed by atoms with van der Waals surface area (Å²) in [5.74, 6) is -5.18. The average molecular weight is 309 g/mol. The van der Waals surface area contributed by atoms with Crippen molar-refractivity contribution in [2.75, 3.05) is 0 Å². The molecule has 7 heteroatoms. The number of nitrogens with one attached hydrogen (secondary N) is 1. The maximum absolute atomic E-state index is 13.0. The van der Waals surface area contributed by atoms with Gasteiger partial charge in [0.05, 0.1) is 5.92 Å². The van der Waals surface area contributed by atoms with Gasteiger partial charge in [-0.3, -0.25) is 4.79 Å². The van der Waals surface area contributed by atoms with Gasteiger partial charge in [0, 0.05) is 5.92 Å². The number of halogens is 3. The van der Waals surface area contributed by atoms with E-state index in [4.69, 9.17) is 5.11 Å². The van der Waals surface area contributed by atoms with E-state index >= 15 is 0 Å². The first-order chi connectivity index (χ1) is 9.68. The Balaban J connectivity index is 2.82. The molecule has 0 aromatic heterocycles. The standard InChI is InChI=1S/C14H22F3NO3/c1-3-8(2)11(13(20)21)18-12(19)9-6-4-5-7-10(9)14(15,16)17/h8-11H,3-7H2,1-2H3,(H,18,19)(H,20,21)/t8-,9?,10?,11-/m0/s1. The molecule has 0 aliphatic heterocycles. The van der Waals surface area contributed by atoms with Crippen LogP contribution in [0.1, 0.15) is 46.0 Å². The normalized spacial score (nSPS) is 26.0. The zero-order valence-corrected chi connectivity index (χ0v) is 12.2. The van der Waals surface area contributed by atoms with E-state index in [9.17, 15) is 22.8 Å². The van der Waals surface area contributed by atoms with Crippen LogP contribution < -0.4 is 5.32 Å². The summed E-state index contributed by atoms with van der Waals surface area (Å²) in [6.45, 7) is 3.42. The lowest BCUT2D eigenvalue weighted by atomic mass is 9.78. The van der Waals surface area contributed by atoms with Crippen LogP contribution in [0.2, 0.25) is 0 Å². The van der Waals surface area contributed by atoms with Crippen molar-refractivity contribution in [1.82, 2.24) is 5.32 Å². The smallest absolute Gasteiger partial charge is 0.392 e. The summed E-state index contributed by atoms with van der Waals surface area (Å²) in [5, 5.41) is 11.4. The maximum atomic E-state index is 13.0. The van der Waals surface area contributed by atoms with Crippen molar-refractivity contribution < 1.29 is 27.9 Å². The molecule has 1 rings (SSSR count). The van der Waals surface area contributed by atoms with Crippen molar-refractivity contribution in [2.24, 2.45) is 17.8 Å². The molecule has 1 aliphatic carbocycles. The van der Waals surface area contributed by atoms with Crippen LogP contribution in [0.3, 0.4) is 0 Å². The second kappa shape index (κ2) is 7.13. The lowest BCUT2D eigenvalue weighted by Gasteiger charge is -2.33. The zero-order chi connectivity index (χ0) is 16.2. The van der Waals surface area contributed by atoms with Crippen molar-refractivity contribution in [3.63, 3.8) is 0 Å². The number of aliphatic carboxylic acids is 1. The van der Waals surface area contributed by atoms with E-state index in [2.05, 4.69) is 5.32 Å². The van der Waals surface area contributed by atoms with E-state index in [0.29, 0.717) is 19.3 Å². The minimum Gasteiger partial charge on any atom is -0.480 e. The number of carbonyl (C=O) groups is 2. The largest absolute Gasteiger partial charge is 0.480 e. The fourth-order valence-corrected chi connectivity index (χ4v) is 2.78. The molecule has 4 nitrogen and oxygen atoms in total. The lowest BCUT2D eigenvalue weighted by Crippen LogP contribution is -2.50. The van der Waals surface area contributed by atoms with Crippen molar-refractivity contribution in [3.05, 3.63) is 0 Å². The van der Waals surface area contributed by atoms with Crippen LogP contribution in [-0.4, -0.2) is 29.2 Å². The number of amides is 1. The molecular formula is C14H22F3NO3. The summed E-state index contributed by atoms with van der Waals surface area (Å²) in [6, 6.07) is -1.14. The number of carboxylic acids is 1.